The van der Waals surface area contributed by atoms with E-state index in [4.69, 9.17) is 4.74 Å². The third-order valence-corrected chi connectivity index (χ3v) is 2.98. The average molecular weight is 205 g/mol. The second-order valence-electron chi connectivity index (χ2n) is 3.91. The van der Waals surface area contributed by atoms with Crippen molar-refractivity contribution in [1.82, 2.24) is 5.32 Å². The molecule has 0 fully saturated rings. The zero-order valence-corrected chi connectivity index (χ0v) is 9.55. The van der Waals surface area contributed by atoms with Crippen LogP contribution in [-0.4, -0.2) is 13.2 Å². The van der Waals surface area contributed by atoms with Crippen LogP contribution >= 0.6 is 0 Å². The molecule has 0 saturated heterocycles. The van der Waals surface area contributed by atoms with E-state index < -0.39 is 0 Å². The highest BCUT2D eigenvalue weighted by molar-refractivity contribution is 5.45. The van der Waals surface area contributed by atoms with Gasteiger partial charge < -0.3 is 10.1 Å². The van der Waals surface area contributed by atoms with Crippen molar-refractivity contribution in [2.45, 2.75) is 32.7 Å². The first-order valence-corrected chi connectivity index (χ1v) is 5.84. The van der Waals surface area contributed by atoms with Crippen molar-refractivity contribution < 1.29 is 4.74 Å². The lowest BCUT2D eigenvalue weighted by molar-refractivity contribution is 0.337. The third kappa shape index (κ3) is 2.00. The van der Waals surface area contributed by atoms with Crippen LogP contribution in [0.1, 0.15) is 37.4 Å². The lowest BCUT2D eigenvalue weighted by atomic mass is 10.1. The zero-order chi connectivity index (χ0) is 10.7. The van der Waals surface area contributed by atoms with Gasteiger partial charge in [0.05, 0.1) is 6.61 Å². The van der Waals surface area contributed by atoms with E-state index in [1.165, 1.54) is 17.5 Å². The number of ether oxygens (including phenoxy) is 1. The Labute approximate surface area is 91.6 Å². The smallest absolute Gasteiger partial charge is 0.122 e. The Bertz CT molecular complexity index is 335. The fourth-order valence-corrected chi connectivity index (χ4v) is 2.37. The quantitative estimate of drug-likeness (QED) is 0.816. The molecule has 0 aliphatic heterocycles. The van der Waals surface area contributed by atoms with Crippen LogP contribution in [0, 0.1) is 0 Å². The Morgan fingerprint density at radius 3 is 3.00 bits per heavy atom. The summed E-state index contributed by atoms with van der Waals surface area (Å²) >= 11 is 0. The monoisotopic (exact) mass is 205 g/mol. The number of rotatable bonds is 4. The van der Waals surface area contributed by atoms with Gasteiger partial charge in [0.15, 0.2) is 0 Å². The van der Waals surface area contributed by atoms with Gasteiger partial charge in [-0.3, -0.25) is 0 Å². The van der Waals surface area contributed by atoms with E-state index in [9.17, 15) is 0 Å². The number of benzene rings is 1. The molecule has 0 amide bonds. The highest BCUT2D eigenvalue weighted by Crippen LogP contribution is 2.36. The molecule has 2 nitrogen and oxygen atoms in total. The number of fused-ring (bicyclic) bond motifs is 1. The molecule has 0 aromatic heterocycles. The summed E-state index contributed by atoms with van der Waals surface area (Å²) in [5.41, 5.74) is 2.84. The highest BCUT2D eigenvalue weighted by Gasteiger charge is 2.23. The van der Waals surface area contributed by atoms with E-state index in [1.807, 2.05) is 6.92 Å². The van der Waals surface area contributed by atoms with E-state index in [0.717, 1.165) is 25.3 Å². The Balaban J connectivity index is 2.26. The van der Waals surface area contributed by atoms with Crippen molar-refractivity contribution in [2.24, 2.45) is 0 Å². The maximum atomic E-state index is 5.65. The Kier molecular flexibility index (Phi) is 3.27. The van der Waals surface area contributed by atoms with Crippen LogP contribution in [0.15, 0.2) is 18.2 Å². The SMILES string of the molecule is CCNC1CCc2c(OCC)cccc21. The topological polar surface area (TPSA) is 21.3 Å². The van der Waals surface area contributed by atoms with Gasteiger partial charge in [0.1, 0.15) is 5.75 Å². The number of hydrogen-bond acceptors (Lipinski definition) is 2. The molecule has 1 atom stereocenters. The Morgan fingerprint density at radius 1 is 1.40 bits per heavy atom. The van der Waals surface area contributed by atoms with Gasteiger partial charge in [-0.2, -0.15) is 0 Å². The Morgan fingerprint density at radius 2 is 2.27 bits per heavy atom. The van der Waals surface area contributed by atoms with Crippen molar-refractivity contribution in [3.8, 4) is 5.75 Å². The molecule has 1 aliphatic rings. The van der Waals surface area contributed by atoms with Gasteiger partial charge in [0.2, 0.25) is 0 Å². The van der Waals surface area contributed by atoms with Gasteiger partial charge in [-0.1, -0.05) is 19.1 Å². The van der Waals surface area contributed by atoms with Crippen LogP contribution in [0.5, 0.6) is 5.75 Å². The van der Waals surface area contributed by atoms with Crippen molar-refractivity contribution in [3.05, 3.63) is 29.3 Å². The van der Waals surface area contributed by atoms with E-state index in [1.54, 1.807) is 0 Å². The van der Waals surface area contributed by atoms with Crippen molar-refractivity contribution >= 4 is 0 Å². The van der Waals surface area contributed by atoms with E-state index in [2.05, 4.69) is 30.4 Å². The lowest BCUT2D eigenvalue weighted by Gasteiger charge is -2.13. The van der Waals surface area contributed by atoms with Crippen LogP contribution in [0.3, 0.4) is 0 Å². The van der Waals surface area contributed by atoms with E-state index in [0.29, 0.717) is 6.04 Å². The van der Waals surface area contributed by atoms with Gasteiger partial charge in [-0.15, -0.1) is 0 Å². The van der Waals surface area contributed by atoms with Crippen LogP contribution < -0.4 is 10.1 Å². The summed E-state index contributed by atoms with van der Waals surface area (Å²) in [6.45, 7) is 5.98. The van der Waals surface area contributed by atoms with E-state index >= 15 is 0 Å². The fourth-order valence-electron chi connectivity index (χ4n) is 2.37. The molecule has 1 unspecified atom stereocenters. The minimum Gasteiger partial charge on any atom is -0.494 e. The molecule has 1 N–H and O–H groups in total. The molecule has 1 aromatic carbocycles. The van der Waals surface area contributed by atoms with Gasteiger partial charge in [-0.05, 0) is 43.5 Å². The molecular weight excluding hydrogens is 186 g/mol. The molecular formula is C13H19NO. The summed E-state index contributed by atoms with van der Waals surface area (Å²) in [5.74, 6) is 1.08. The molecule has 82 valence electrons. The van der Waals surface area contributed by atoms with Gasteiger partial charge >= 0.3 is 0 Å². The van der Waals surface area contributed by atoms with Gasteiger partial charge in [0, 0.05) is 6.04 Å². The standard InChI is InChI=1S/C13H19NO/c1-3-14-12-9-8-11-10(12)6-5-7-13(11)15-4-2/h5-7,12,14H,3-4,8-9H2,1-2H3. The van der Waals surface area contributed by atoms with E-state index in [-0.39, 0.29) is 0 Å². The third-order valence-electron chi connectivity index (χ3n) is 2.98. The fraction of sp³-hybridized carbons (Fsp3) is 0.538. The molecule has 0 spiro atoms. The summed E-state index contributed by atoms with van der Waals surface area (Å²) in [6.07, 6.45) is 2.34. The van der Waals surface area contributed by atoms with Crippen molar-refractivity contribution in [1.29, 1.82) is 0 Å². The molecule has 0 radical (unpaired) electrons. The van der Waals surface area contributed by atoms with Crippen molar-refractivity contribution in [2.75, 3.05) is 13.2 Å². The highest BCUT2D eigenvalue weighted by atomic mass is 16.5. The Hall–Kier alpha value is -1.02. The molecule has 2 rings (SSSR count). The largest absolute Gasteiger partial charge is 0.494 e. The van der Waals surface area contributed by atoms with Gasteiger partial charge in [0.25, 0.3) is 0 Å². The second-order valence-corrected chi connectivity index (χ2v) is 3.91. The lowest BCUT2D eigenvalue weighted by Crippen LogP contribution is -2.18. The summed E-state index contributed by atoms with van der Waals surface area (Å²) < 4.78 is 5.65. The summed E-state index contributed by atoms with van der Waals surface area (Å²) in [7, 11) is 0. The molecule has 1 aromatic rings. The van der Waals surface area contributed by atoms with Crippen molar-refractivity contribution in [3.63, 3.8) is 0 Å². The minimum atomic E-state index is 0.533. The van der Waals surface area contributed by atoms with Crippen LogP contribution in [-0.2, 0) is 6.42 Å². The summed E-state index contributed by atoms with van der Waals surface area (Å²) in [6, 6.07) is 6.93. The first-order chi connectivity index (χ1) is 7.36. The molecule has 15 heavy (non-hydrogen) atoms. The summed E-state index contributed by atoms with van der Waals surface area (Å²) in [5, 5.41) is 3.51. The maximum absolute atomic E-state index is 5.65. The maximum Gasteiger partial charge on any atom is 0.122 e. The molecule has 0 bridgehead atoms. The van der Waals surface area contributed by atoms with Crippen LogP contribution in [0.25, 0.3) is 0 Å². The molecule has 0 saturated carbocycles. The van der Waals surface area contributed by atoms with Gasteiger partial charge in [-0.25, -0.2) is 0 Å². The zero-order valence-electron chi connectivity index (χ0n) is 9.55. The molecule has 1 aliphatic carbocycles. The predicted octanol–water partition coefficient (Wildman–Crippen LogP) is 2.68. The second kappa shape index (κ2) is 4.67. The number of nitrogens with one attached hydrogen (secondary N) is 1. The first kappa shape index (κ1) is 10.5. The minimum absolute atomic E-state index is 0.533. The normalized spacial score (nSPS) is 18.9. The molecule has 0 heterocycles. The molecule has 2 heteroatoms. The number of hydrogen-bond donors (Lipinski definition) is 1. The first-order valence-electron chi connectivity index (χ1n) is 5.84. The predicted molar refractivity (Wildman–Crippen MR) is 62.3 cm³/mol. The summed E-state index contributed by atoms with van der Waals surface area (Å²) in [4.78, 5) is 0. The average Bonchev–Trinajstić information content (AvgIpc) is 2.64. The van der Waals surface area contributed by atoms with Crippen LogP contribution in [0.2, 0.25) is 0 Å². The van der Waals surface area contributed by atoms with Crippen LogP contribution in [0.4, 0.5) is 0 Å².